The van der Waals surface area contributed by atoms with E-state index in [0.717, 1.165) is 6.42 Å². The summed E-state index contributed by atoms with van der Waals surface area (Å²) in [4.78, 5) is 11.2. The number of hydrogen-bond donors (Lipinski definition) is 1. The highest BCUT2D eigenvalue weighted by atomic mass is 16.5. The molecule has 0 aromatic carbocycles. The molecule has 0 saturated carbocycles. The second-order valence-electron chi connectivity index (χ2n) is 3.43. The van der Waals surface area contributed by atoms with Crippen LogP contribution in [-0.2, 0) is 9.53 Å². The molecule has 0 aliphatic carbocycles. The van der Waals surface area contributed by atoms with Crippen molar-refractivity contribution >= 4 is 5.97 Å². The SMILES string of the molecule is CC[C@@H](C)OC(=O)[C@H](N)C(C)C. The monoisotopic (exact) mass is 173 g/mol. The molecular weight excluding hydrogens is 154 g/mol. The summed E-state index contributed by atoms with van der Waals surface area (Å²) in [5.41, 5.74) is 5.59. The van der Waals surface area contributed by atoms with E-state index in [9.17, 15) is 4.79 Å². The van der Waals surface area contributed by atoms with Gasteiger partial charge in [0.05, 0.1) is 6.10 Å². The van der Waals surface area contributed by atoms with Gasteiger partial charge in [-0.2, -0.15) is 0 Å². The van der Waals surface area contributed by atoms with Gasteiger partial charge in [0, 0.05) is 0 Å². The minimum Gasteiger partial charge on any atom is -0.462 e. The van der Waals surface area contributed by atoms with Crippen LogP contribution >= 0.6 is 0 Å². The molecule has 0 radical (unpaired) electrons. The Kier molecular flexibility index (Phi) is 4.90. The van der Waals surface area contributed by atoms with E-state index in [2.05, 4.69) is 0 Å². The number of ether oxygens (including phenoxy) is 1. The Morgan fingerprint density at radius 1 is 1.42 bits per heavy atom. The van der Waals surface area contributed by atoms with Crippen LogP contribution in [0, 0.1) is 5.92 Å². The third kappa shape index (κ3) is 3.72. The quantitative estimate of drug-likeness (QED) is 0.652. The molecule has 0 unspecified atom stereocenters. The van der Waals surface area contributed by atoms with Crippen molar-refractivity contribution in [3.05, 3.63) is 0 Å². The molecule has 0 amide bonds. The van der Waals surface area contributed by atoms with Crippen LogP contribution in [0.25, 0.3) is 0 Å². The average molecular weight is 173 g/mol. The molecule has 0 fully saturated rings. The van der Waals surface area contributed by atoms with Gasteiger partial charge in [-0.1, -0.05) is 20.8 Å². The topological polar surface area (TPSA) is 52.3 Å². The molecule has 0 aromatic rings. The number of carbonyl (C=O) groups excluding carboxylic acids is 1. The summed E-state index contributed by atoms with van der Waals surface area (Å²) in [7, 11) is 0. The van der Waals surface area contributed by atoms with E-state index in [-0.39, 0.29) is 18.0 Å². The summed E-state index contributed by atoms with van der Waals surface area (Å²) in [5.74, 6) is -0.152. The van der Waals surface area contributed by atoms with Crippen molar-refractivity contribution in [1.29, 1.82) is 0 Å². The molecule has 3 heteroatoms. The summed E-state index contributed by atoms with van der Waals surface area (Å²) in [6.45, 7) is 7.65. The van der Waals surface area contributed by atoms with Crippen LogP contribution < -0.4 is 5.73 Å². The van der Waals surface area contributed by atoms with Gasteiger partial charge >= 0.3 is 5.97 Å². The second kappa shape index (κ2) is 5.14. The Morgan fingerprint density at radius 2 is 1.92 bits per heavy atom. The first-order valence-electron chi connectivity index (χ1n) is 4.45. The number of esters is 1. The fraction of sp³-hybridized carbons (Fsp3) is 0.889. The van der Waals surface area contributed by atoms with Gasteiger partial charge in [0.15, 0.2) is 0 Å². The first-order valence-corrected chi connectivity index (χ1v) is 4.45. The third-order valence-electron chi connectivity index (χ3n) is 1.88. The van der Waals surface area contributed by atoms with Crippen LogP contribution in [0.2, 0.25) is 0 Å². The van der Waals surface area contributed by atoms with E-state index in [4.69, 9.17) is 10.5 Å². The molecule has 12 heavy (non-hydrogen) atoms. The lowest BCUT2D eigenvalue weighted by atomic mass is 10.1. The number of carbonyl (C=O) groups is 1. The summed E-state index contributed by atoms with van der Waals surface area (Å²) in [6, 6.07) is -0.487. The largest absolute Gasteiger partial charge is 0.462 e. The van der Waals surface area contributed by atoms with Gasteiger partial charge in [-0.15, -0.1) is 0 Å². The highest BCUT2D eigenvalue weighted by Crippen LogP contribution is 2.04. The number of nitrogens with two attached hydrogens (primary N) is 1. The van der Waals surface area contributed by atoms with E-state index < -0.39 is 6.04 Å². The average Bonchev–Trinajstić information content (AvgIpc) is 2.02. The zero-order valence-corrected chi connectivity index (χ0v) is 8.33. The van der Waals surface area contributed by atoms with Crippen molar-refractivity contribution in [1.82, 2.24) is 0 Å². The van der Waals surface area contributed by atoms with Crippen LogP contribution in [0.1, 0.15) is 34.1 Å². The van der Waals surface area contributed by atoms with Gasteiger partial charge < -0.3 is 10.5 Å². The molecule has 0 heterocycles. The molecule has 2 atom stereocenters. The van der Waals surface area contributed by atoms with E-state index >= 15 is 0 Å². The highest BCUT2D eigenvalue weighted by molar-refractivity contribution is 5.75. The normalized spacial score (nSPS) is 15.8. The van der Waals surface area contributed by atoms with E-state index in [1.54, 1.807) is 0 Å². The molecule has 0 saturated heterocycles. The Balaban J connectivity index is 3.87. The molecule has 2 N–H and O–H groups in total. The molecule has 3 nitrogen and oxygen atoms in total. The molecule has 0 bridgehead atoms. The number of rotatable bonds is 4. The first-order chi connectivity index (χ1) is 5.49. The lowest BCUT2D eigenvalue weighted by Crippen LogP contribution is -2.38. The van der Waals surface area contributed by atoms with Gasteiger partial charge in [-0.3, -0.25) is 4.79 Å². The summed E-state index contributed by atoms with van der Waals surface area (Å²) in [5, 5.41) is 0. The predicted octanol–water partition coefficient (Wildman–Crippen LogP) is 1.31. The van der Waals surface area contributed by atoms with Gasteiger partial charge in [0.2, 0.25) is 0 Å². The smallest absolute Gasteiger partial charge is 0.323 e. The molecule has 0 aliphatic heterocycles. The second-order valence-corrected chi connectivity index (χ2v) is 3.43. The molecule has 0 aliphatic rings. The van der Waals surface area contributed by atoms with E-state index in [1.807, 2.05) is 27.7 Å². The summed E-state index contributed by atoms with van der Waals surface area (Å²) < 4.78 is 5.06. The van der Waals surface area contributed by atoms with Crippen molar-refractivity contribution in [3.8, 4) is 0 Å². The van der Waals surface area contributed by atoms with Crippen molar-refractivity contribution in [2.75, 3.05) is 0 Å². The maximum atomic E-state index is 11.2. The minimum absolute atomic E-state index is 0.0256. The molecule has 0 aromatic heterocycles. The van der Waals surface area contributed by atoms with Crippen LogP contribution in [-0.4, -0.2) is 18.1 Å². The van der Waals surface area contributed by atoms with Crippen LogP contribution in [0.4, 0.5) is 0 Å². The van der Waals surface area contributed by atoms with E-state index in [0.29, 0.717) is 0 Å². The lowest BCUT2D eigenvalue weighted by Gasteiger charge is -2.17. The zero-order chi connectivity index (χ0) is 9.72. The lowest BCUT2D eigenvalue weighted by molar-refractivity contribution is -0.151. The van der Waals surface area contributed by atoms with Crippen molar-refractivity contribution in [2.45, 2.75) is 46.3 Å². The Bertz CT molecular complexity index is 145. The minimum atomic E-state index is -0.487. The fourth-order valence-corrected chi connectivity index (χ4v) is 0.632. The Labute approximate surface area is 74.3 Å². The van der Waals surface area contributed by atoms with Gasteiger partial charge in [-0.05, 0) is 19.3 Å². The fourth-order valence-electron chi connectivity index (χ4n) is 0.632. The van der Waals surface area contributed by atoms with Crippen LogP contribution in [0.3, 0.4) is 0 Å². The molecule has 0 spiro atoms. The summed E-state index contributed by atoms with van der Waals surface area (Å²) >= 11 is 0. The third-order valence-corrected chi connectivity index (χ3v) is 1.88. The number of hydrogen-bond acceptors (Lipinski definition) is 3. The zero-order valence-electron chi connectivity index (χ0n) is 8.33. The molecular formula is C9H19NO2. The van der Waals surface area contributed by atoms with Crippen molar-refractivity contribution in [2.24, 2.45) is 11.7 Å². The van der Waals surface area contributed by atoms with Crippen molar-refractivity contribution in [3.63, 3.8) is 0 Å². The van der Waals surface area contributed by atoms with Gasteiger partial charge in [0.25, 0.3) is 0 Å². The predicted molar refractivity (Wildman–Crippen MR) is 48.7 cm³/mol. The maximum absolute atomic E-state index is 11.2. The highest BCUT2D eigenvalue weighted by Gasteiger charge is 2.19. The molecule has 0 rings (SSSR count). The van der Waals surface area contributed by atoms with Crippen LogP contribution in [0.15, 0.2) is 0 Å². The van der Waals surface area contributed by atoms with Crippen molar-refractivity contribution < 1.29 is 9.53 Å². The van der Waals surface area contributed by atoms with Crippen LogP contribution in [0.5, 0.6) is 0 Å². The summed E-state index contributed by atoms with van der Waals surface area (Å²) in [6.07, 6.45) is 0.804. The molecule has 72 valence electrons. The first kappa shape index (κ1) is 11.4. The van der Waals surface area contributed by atoms with Gasteiger partial charge in [0.1, 0.15) is 6.04 Å². The Hall–Kier alpha value is -0.570. The standard InChI is InChI=1S/C9H19NO2/c1-5-7(4)12-9(11)8(10)6(2)3/h6-8H,5,10H2,1-4H3/t7-,8-/m1/s1. The van der Waals surface area contributed by atoms with E-state index in [1.165, 1.54) is 0 Å². The van der Waals surface area contributed by atoms with Gasteiger partial charge in [-0.25, -0.2) is 0 Å². The Morgan fingerprint density at radius 3 is 2.25 bits per heavy atom. The maximum Gasteiger partial charge on any atom is 0.323 e.